The summed E-state index contributed by atoms with van der Waals surface area (Å²) >= 11 is 6.33. The first kappa shape index (κ1) is 19.8. The van der Waals surface area contributed by atoms with E-state index >= 15 is 0 Å². The van der Waals surface area contributed by atoms with Crippen LogP contribution in [-0.4, -0.2) is 46.3 Å². The van der Waals surface area contributed by atoms with Crippen LogP contribution in [0.4, 0.5) is 11.6 Å². The molecule has 1 saturated heterocycles. The lowest BCUT2D eigenvalue weighted by molar-refractivity contribution is 0.585. The van der Waals surface area contributed by atoms with Crippen LogP contribution in [0.5, 0.6) is 0 Å². The zero-order valence-electron chi connectivity index (χ0n) is 17.3. The van der Waals surface area contributed by atoms with Crippen molar-refractivity contribution in [3.8, 4) is 11.3 Å². The number of anilines is 2. The van der Waals surface area contributed by atoms with Crippen LogP contribution in [0.2, 0.25) is 5.02 Å². The standard InChI is InChI=1S/C23H24ClN7/c1-15-18-12-16(6-7-20(18)30-29-15)21-14-27-22(23(28-21)31-10-8-25-9-11-31)26-13-17-4-2-3-5-19(17)24/h2-7,12,14,25H,8-11,13H2,1H3,(H,26,27)(H,29,30). The summed E-state index contributed by atoms with van der Waals surface area (Å²) in [6.07, 6.45) is 1.83. The fourth-order valence-corrected chi connectivity index (χ4v) is 4.07. The van der Waals surface area contributed by atoms with Crippen LogP contribution >= 0.6 is 11.6 Å². The molecule has 31 heavy (non-hydrogen) atoms. The fraction of sp³-hybridized carbons (Fsp3) is 0.261. The van der Waals surface area contributed by atoms with Gasteiger partial charge in [0.05, 0.1) is 23.1 Å². The first-order valence-electron chi connectivity index (χ1n) is 10.4. The number of halogens is 1. The minimum absolute atomic E-state index is 0.590. The van der Waals surface area contributed by atoms with E-state index in [-0.39, 0.29) is 0 Å². The van der Waals surface area contributed by atoms with Gasteiger partial charge in [-0.15, -0.1) is 0 Å². The molecule has 1 aliphatic rings. The van der Waals surface area contributed by atoms with Crippen molar-refractivity contribution >= 4 is 34.1 Å². The van der Waals surface area contributed by atoms with Crippen molar-refractivity contribution in [3.05, 3.63) is 64.9 Å². The molecule has 5 rings (SSSR count). The second-order valence-electron chi connectivity index (χ2n) is 7.68. The second-order valence-corrected chi connectivity index (χ2v) is 8.09. The van der Waals surface area contributed by atoms with Crippen molar-refractivity contribution < 1.29 is 0 Å². The van der Waals surface area contributed by atoms with Gasteiger partial charge in [0, 0.05) is 48.7 Å². The first-order chi connectivity index (χ1) is 15.2. The maximum absolute atomic E-state index is 6.33. The van der Waals surface area contributed by atoms with E-state index in [2.05, 4.69) is 37.9 Å². The van der Waals surface area contributed by atoms with E-state index in [1.807, 2.05) is 43.5 Å². The molecular formula is C23H24ClN7. The van der Waals surface area contributed by atoms with E-state index in [0.717, 1.165) is 76.3 Å². The number of aryl methyl sites for hydroxylation is 1. The number of benzene rings is 2. The van der Waals surface area contributed by atoms with Crippen LogP contribution in [0.3, 0.4) is 0 Å². The zero-order chi connectivity index (χ0) is 21.2. The number of rotatable bonds is 5. The highest BCUT2D eigenvalue weighted by Crippen LogP contribution is 2.29. The Morgan fingerprint density at radius 2 is 1.97 bits per heavy atom. The summed E-state index contributed by atoms with van der Waals surface area (Å²) in [5, 5.41) is 16.0. The maximum atomic E-state index is 6.33. The summed E-state index contributed by atoms with van der Waals surface area (Å²) in [6.45, 7) is 6.22. The molecule has 8 heteroatoms. The molecule has 0 radical (unpaired) electrons. The first-order valence-corrected chi connectivity index (χ1v) is 10.8. The van der Waals surface area contributed by atoms with E-state index in [4.69, 9.17) is 21.6 Å². The summed E-state index contributed by atoms with van der Waals surface area (Å²) < 4.78 is 0. The molecule has 1 fully saturated rings. The number of hydrogen-bond donors (Lipinski definition) is 3. The van der Waals surface area contributed by atoms with Crippen LogP contribution < -0.4 is 15.5 Å². The number of aromatic amines is 1. The third-order valence-electron chi connectivity index (χ3n) is 5.62. The van der Waals surface area contributed by atoms with Crippen molar-refractivity contribution in [3.63, 3.8) is 0 Å². The lowest BCUT2D eigenvalue weighted by Crippen LogP contribution is -2.44. The van der Waals surface area contributed by atoms with Gasteiger partial charge in [-0.1, -0.05) is 35.9 Å². The Kier molecular flexibility index (Phi) is 5.44. The van der Waals surface area contributed by atoms with Crippen molar-refractivity contribution in [2.45, 2.75) is 13.5 Å². The van der Waals surface area contributed by atoms with E-state index < -0.39 is 0 Å². The van der Waals surface area contributed by atoms with Gasteiger partial charge in [-0.05, 0) is 30.7 Å². The average molecular weight is 434 g/mol. The molecule has 3 heterocycles. The molecule has 7 nitrogen and oxygen atoms in total. The van der Waals surface area contributed by atoms with E-state index in [9.17, 15) is 0 Å². The van der Waals surface area contributed by atoms with Gasteiger partial charge in [0.1, 0.15) is 0 Å². The van der Waals surface area contributed by atoms with E-state index in [0.29, 0.717) is 6.54 Å². The summed E-state index contributed by atoms with van der Waals surface area (Å²) in [4.78, 5) is 12.1. The highest BCUT2D eigenvalue weighted by molar-refractivity contribution is 6.31. The molecule has 0 unspecified atom stereocenters. The normalized spacial score (nSPS) is 14.2. The molecule has 0 atom stereocenters. The van der Waals surface area contributed by atoms with Gasteiger partial charge in [0.2, 0.25) is 0 Å². The summed E-state index contributed by atoms with van der Waals surface area (Å²) in [5.74, 6) is 1.64. The Balaban J connectivity index is 1.50. The van der Waals surface area contributed by atoms with Crippen LogP contribution in [0.15, 0.2) is 48.7 Å². The smallest absolute Gasteiger partial charge is 0.172 e. The predicted octanol–water partition coefficient (Wildman–Crippen LogP) is 4.00. The lowest BCUT2D eigenvalue weighted by Gasteiger charge is -2.30. The van der Waals surface area contributed by atoms with Crippen LogP contribution in [0.1, 0.15) is 11.3 Å². The van der Waals surface area contributed by atoms with Gasteiger partial charge in [-0.2, -0.15) is 5.10 Å². The Bertz CT molecular complexity index is 1210. The van der Waals surface area contributed by atoms with Gasteiger partial charge in [0.25, 0.3) is 0 Å². The fourth-order valence-electron chi connectivity index (χ4n) is 3.87. The largest absolute Gasteiger partial charge is 0.363 e. The van der Waals surface area contributed by atoms with Gasteiger partial charge >= 0.3 is 0 Å². The molecule has 4 aromatic rings. The Morgan fingerprint density at radius 1 is 1.13 bits per heavy atom. The van der Waals surface area contributed by atoms with E-state index in [1.54, 1.807) is 0 Å². The van der Waals surface area contributed by atoms with Gasteiger partial charge < -0.3 is 15.5 Å². The third kappa shape index (κ3) is 4.06. The minimum atomic E-state index is 0.590. The van der Waals surface area contributed by atoms with Gasteiger partial charge in [0.15, 0.2) is 11.6 Å². The van der Waals surface area contributed by atoms with Crippen LogP contribution in [0.25, 0.3) is 22.2 Å². The summed E-state index contributed by atoms with van der Waals surface area (Å²) in [6, 6.07) is 14.1. The minimum Gasteiger partial charge on any atom is -0.363 e. The molecule has 2 aromatic heterocycles. The number of nitrogens with one attached hydrogen (secondary N) is 3. The van der Waals surface area contributed by atoms with Crippen LogP contribution in [-0.2, 0) is 6.54 Å². The van der Waals surface area contributed by atoms with Crippen molar-refractivity contribution in [2.24, 2.45) is 0 Å². The number of H-pyrrole nitrogens is 1. The number of nitrogens with zero attached hydrogens (tertiary/aromatic N) is 4. The lowest BCUT2D eigenvalue weighted by atomic mass is 10.1. The van der Waals surface area contributed by atoms with Crippen molar-refractivity contribution in [2.75, 3.05) is 36.4 Å². The predicted molar refractivity (Wildman–Crippen MR) is 126 cm³/mol. The number of aromatic nitrogens is 4. The molecular weight excluding hydrogens is 410 g/mol. The molecule has 1 aliphatic heterocycles. The van der Waals surface area contributed by atoms with E-state index in [1.165, 1.54) is 0 Å². The average Bonchev–Trinajstić information content (AvgIpc) is 3.19. The molecule has 0 saturated carbocycles. The molecule has 0 amide bonds. The Labute approximate surface area is 185 Å². The Morgan fingerprint density at radius 3 is 2.81 bits per heavy atom. The highest BCUT2D eigenvalue weighted by Gasteiger charge is 2.19. The van der Waals surface area contributed by atoms with Gasteiger partial charge in [-0.3, -0.25) is 5.10 Å². The monoisotopic (exact) mass is 433 g/mol. The summed E-state index contributed by atoms with van der Waals surface area (Å²) in [5.41, 5.74) is 4.90. The molecule has 3 N–H and O–H groups in total. The second kappa shape index (κ2) is 8.53. The SMILES string of the molecule is Cc1n[nH]c2ccc(-c3cnc(NCc4ccccc4Cl)c(N4CCNCC4)n3)cc12. The zero-order valence-corrected chi connectivity index (χ0v) is 18.1. The summed E-state index contributed by atoms with van der Waals surface area (Å²) in [7, 11) is 0. The molecule has 0 spiro atoms. The molecule has 0 bridgehead atoms. The number of hydrogen-bond acceptors (Lipinski definition) is 6. The molecule has 2 aromatic carbocycles. The maximum Gasteiger partial charge on any atom is 0.172 e. The van der Waals surface area contributed by atoms with Crippen molar-refractivity contribution in [1.29, 1.82) is 0 Å². The topological polar surface area (TPSA) is 81.8 Å². The quantitative estimate of drug-likeness (QED) is 0.441. The Hall–Kier alpha value is -3.16. The van der Waals surface area contributed by atoms with Crippen LogP contribution in [0, 0.1) is 6.92 Å². The van der Waals surface area contributed by atoms with Gasteiger partial charge in [-0.25, -0.2) is 9.97 Å². The molecule has 158 valence electrons. The van der Waals surface area contributed by atoms with Crippen molar-refractivity contribution in [1.82, 2.24) is 25.5 Å². The number of piperazine rings is 1. The highest BCUT2D eigenvalue weighted by atomic mass is 35.5. The molecule has 0 aliphatic carbocycles. The third-order valence-corrected chi connectivity index (χ3v) is 5.99. The number of fused-ring (bicyclic) bond motifs is 1.